The van der Waals surface area contributed by atoms with Crippen LogP contribution in [0, 0.1) is 34.5 Å². The average Bonchev–Trinajstić information content (AvgIpc) is 2.80. The smallest absolute Gasteiger partial charge is 0.305 e. The van der Waals surface area contributed by atoms with E-state index in [1.54, 1.807) is 0 Å². The van der Waals surface area contributed by atoms with Crippen molar-refractivity contribution < 1.29 is 19.4 Å². The number of carbonyl (C=O) groups is 2. The second kappa shape index (κ2) is 5.67. The van der Waals surface area contributed by atoms with E-state index in [9.17, 15) is 14.7 Å². The fourth-order valence-electron chi connectivity index (χ4n) is 7.29. The van der Waals surface area contributed by atoms with E-state index in [0.717, 1.165) is 32.1 Å². The Hall–Kier alpha value is -1.16. The van der Waals surface area contributed by atoms with Crippen molar-refractivity contribution in [3.8, 4) is 0 Å². The Balaban J connectivity index is 1.70. The first-order valence-electron chi connectivity index (χ1n) is 10.3. The molecule has 0 unspecified atom stereocenters. The summed E-state index contributed by atoms with van der Waals surface area (Å²) in [5.74, 6) is 0.515. The third kappa shape index (κ3) is 2.30. The summed E-state index contributed by atoms with van der Waals surface area (Å²) in [6, 6.07) is 0. The zero-order chi connectivity index (χ0) is 18.9. The van der Waals surface area contributed by atoms with Gasteiger partial charge in [0.05, 0.1) is 0 Å². The lowest BCUT2D eigenvalue weighted by molar-refractivity contribution is -0.264. The third-order valence-corrected chi connectivity index (χ3v) is 8.70. The SMILES string of the molecule is CC(=O)O[C@@]1(O)CC[C@H]2[C@@H]3[C@H](C)CC4=CC(=O)CC[C@]4(C)[C@H]3CC[C@@]21C. The molecule has 26 heavy (non-hydrogen) atoms. The molecule has 4 nitrogen and oxygen atoms in total. The quantitative estimate of drug-likeness (QED) is 0.567. The first-order chi connectivity index (χ1) is 12.1. The van der Waals surface area contributed by atoms with Gasteiger partial charge in [-0.05, 0) is 67.3 Å². The van der Waals surface area contributed by atoms with Crippen molar-refractivity contribution in [3.63, 3.8) is 0 Å². The maximum Gasteiger partial charge on any atom is 0.305 e. The van der Waals surface area contributed by atoms with Crippen LogP contribution in [0.15, 0.2) is 11.6 Å². The summed E-state index contributed by atoms with van der Waals surface area (Å²) in [5.41, 5.74) is 1.12. The Labute approximate surface area is 156 Å². The standard InChI is InChI=1S/C22H32O4/c1-13-11-15-12-16(24)5-8-20(15,3)17-6-9-21(4)18(19(13)17)7-10-22(21,25)26-14(2)23/h12-13,17-19,25H,5-11H2,1-4H3/t13-,17+,18+,19-,20+,21+,22+/m1/s1. The number of esters is 1. The lowest BCUT2D eigenvalue weighted by Gasteiger charge is -2.60. The second-order valence-electron chi connectivity index (χ2n) is 9.90. The number of ether oxygens (including phenoxy) is 1. The number of hydrogen-bond acceptors (Lipinski definition) is 4. The molecule has 3 fully saturated rings. The van der Waals surface area contributed by atoms with Crippen LogP contribution in [0.3, 0.4) is 0 Å². The van der Waals surface area contributed by atoms with E-state index < -0.39 is 11.8 Å². The molecule has 0 heterocycles. The van der Waals surface area contributed by atoms with E-state index in [4.69, 9.17) is 4.74 Å². The van der Waals surface area contributed by atoms with Gasteiger partial charge in [-0.1, -0.05) is 26.3 Å². The molecular weight excluding hydrogens is 328 g/mol. The molecule has 4 rings (SSSR count). The van der Waals surface area contributed by atoms with E-state index in [2.05, 4.69) is 20.8 Å². The lowest BCUT2D eigenvalue weighted by atomic mass is 9.45. The zero-order valence-corrected chi connectivity index (χ0v) is 16.5. The monoisotopic (exact) mass is 360 g/mol. The maximum absolute atomic E-state index is 12.0. The van der Waals surface area contributed by atoms with Gasteiger partial charge in [0.25, 0.3) is 0 Å². The fourth-order valence-corrected chi connectivity index (χ4v) is 7.29. The topological polar surface area (TPSA) is 63.6 Å². The molecule has 4 heteroatoms. The molecule has 144 valence electrons. The molecule has 4 aliphatic carbocycles. The molecule has 0 spiro atoms. The van der Waals surface area contributed by atoms with Crippen LogP contribution in [-0.4, -0.2) is 22.6 Å². The van der Waals surface area contributed by atoms with E-state index in [0.29, 0.717) is 36.5 Å². The first-order valence-corrected chi connectivity index (χ1v) is 10.3. The van der Waals surface area contributed by atoms with Crippen LogP contribution in [0.2, 0.25) is 0 Å². The summed E-state index contributed by atoms with van der Waals surface area (Å²) in [5, 5.41) is 11.2. The summed E-state index contributed by atoms with van der Waals surface area (Å²) < 4.78 is 5.49. The Bertz CT molecular complexity index is 682. The molecule has 0 saturated heterocycles. The van der Waals surface area contributed by atoms with Crippen molar-refractivity contribution in [1.82, 2.24) is 0 Å². The van der Waals surface area contributed by atoms with Gasteiger partial charge in [0.1, 0.15) is 0 Å². The molecule has 7 atom stereocenters. The summed E-state index contributed by atoms with van der Waals surface area (Å²) in [4.78, 5) is 23.6. The van der Waals surface area contributed by atoms with Crippen molar-refractivity contribution in [3.05, 3.63) is 11.6 Å². The van der Waals surface area contributed by atoms with Gasteiger partial charge in [-0.15, -0.1) is 0 Å². The summed E-state index contributed by atoms with van der Waals surface area (Å²) >= 11 is 0. The minimum absolute atomic E-state index is 0.120. The van der Waals surface area contributed by atoms with Crippen LogP contribution in [0.5, 0.6) is 0 Å². The largest absolute Gasteiger partial charge is 0.433 e. The molecule has 0 amide bonds. The zero-order valence-electron chi connectivity index (χ0n) is 16.5. The highest BCUT2D eigenvalue weighted by atomic mass is 16.7. The van der Waals surface area contributed by atoms with Crippen LogP contribution in [-0.2, 0) is 14.3 Å². The number of rotatable bonds is 1. The number of hydrogen-bond donors (Lipinski definition) is 1. The van der Waals surface area contributed by atoms with Crippen molar-refractivity contribution in [2.45, 2.75) is 78.4 Å². The molecule has 0 aromatic rings. The van der Waals surface area contributed by atoms with Crippen LogP contribution < -0.4 is 0 Å². The minimum atomic E-state index is -1.33. The Morgan fingerprint density at radius 3 is 2.58 bits per heavy atom. The van der Waals surface area contributed by atoms with E-state index in [1.165, 1.54) is 12.5 Å². The summed E-state index contributed by atoms with van der Waals surface area (Å²) in [6.07, 6.45) is 7.93. The normalized spacial score (nSPS) is 50.3. The number of allylic oxidation sites excluding steroid dienone is 1. The highest BCUT2D eigenvalue weighted by Gasteiger charge is 2.66. The Morgan fingerprint density at radius 2 is 1.88 bits per heavy atom. The van der Waals surface area contributed by atoms with Crippen LogP contribution in [0.4, 0.5) is 0 Å². The van der Waals surface area contributed by atoms with Gasteiger partial charge < -0.3 is 9.84 Å². The Kier molecular flexibility index (Phi) is 3.97. The second-order valence-corrected chi connectivity index (χ2v) is 9.90. The molecular formula is C22H32O4. The van der Waals surface area contributed by atoms with Crippen LogP contribution in [0.1, 0.15) is 72.6 Å². The van der Waals surface area contributed by atoms with Gasteiger partial charge in [-0.2, -0.15) is 0 Å². The number of carbonyl (C=O) groups excluding carboxylic acids is 2. The number of fused-ring (bicyclic) bond motifs is 5. The van der Waals surface area contributed by atoms with Gasteiger partial charge in [-0.3, -0.25) is 9.59 Å². The predicted octanol–water partition coefficient (Wildman–Crippen LogP) is 4.02. The van der Waals surface area contributed by atoms with Crippen molar-refractivity contribution in [1.29, 1.82) is 0 Å². The third-order valence-electron chi connectivity index (χ3n) is 8.70. The lowest BCUT2D eigenvalue weighted by Crippen LogP contribution is -2.57. The van der Waals surface area contributed by atoms with Crippen molar-refractivity contribution >= 4 is 11.8 Å². The molecule has 0 aromatic heterocycles. The fraction of sp³-hybridized carbons (Fsp3) is 0.818. The molecule has 0 bridgehead atoms. The number of ketones is 1. The van der Waals surface area contributed by atoms with Gasteiger partial charge in [0.15, 0.2) is 5.78 Å². The molecule has 0 radical (unpaired) electrons. The van der Waals surface area contributed by atoms with E-state index >= 15 is 0 Å². The number of aliphatic hydroxyl groups is 1. The van der Waals surface area contributed by atoms with Crippen molar-refractivity contribution in [2.24, 2.45) is 34.5 Å². The summed E-state index contributed by atoms with van der Waals surface area (Å²) in [7, 11) is 0. The van der Waals surface area contributed by atoms with Crippen LogP contribution >= 0.6 is 0 Å². The highest BCUT2D eigenvalue weighted by Crippen LogP contribution is 2.68. The molecule has 3 saturated carbocycles. The van der Waals surface area contributed by atoms with Gasteiger partial charge in [0.2, 0.25) is 5.79 Å². The predicted molar refractivity (Wildman–Crippen MR) is 98.0 cm³/mol. The molecule has 0 aromatic carbocycles. The van der Waals surface area contributed by atoms with E-state index in [1.807, 2.05) is 6.08 Å². The van der Waals surface area contributed by atoms with Gasteiger partial charge in [-0.25, -0.2) is 0 Å². The van der Waals surface area contributed by atoms with Gasteiger partial charge in [0, 0.05) is 25.2 Å². The average molecular weight is 360 g/mol. The van der Waals surface area contributed by atoms with Gasteiger partial charge >= 0.3 is 5.97 Å². The maximum atomic E-state index is 12.0. The molecule has 1 N–H and O–H groups in total. The van der Waals surface area contributed by atoms with E-state index in [-0.39, 0.29) is 16.6 Å². The molecule has 0 aliphatic heterocycles. The molecule has 4 aliphatic rings. The van der Waals surface area contributed by atoms with Crippen LogP contribution in [0.25, 0.3) is 0 Å². The minimum Gasteiger partial charge on any atom is -0.433 e. The van der Waals surface area contributed by atoms with Crippen molar-refractivity contribution in [2.75, 3.05) is 0 Å². The Morgan fingerprint density at radius 1 is 1.19 bits per heavy atom. The summed E-state index contributed by atoms with van der Waals surface area (Å²) in [6.45, 7) is 8.20. The highest BCUT2D eigenvalue weighted by molar-refractivity contribution is 5.91. The first kappa shape index (κ1) is 18.2.